The predicted octanol–water partition coefficient (Wildman–Crippen LogP) is 5.17. The number of halogens is 1. The van der Waals surface area contributed by atoms with Gasteiger partial charge in [0.1, 0.15) is 10.6 Å². The second kappa shape index (κ2) is 10.3. The number of esters is 1. The number of carbonyl (C=O) groups excluding carboxylic acids is 3. The average Bonchev–Trinajstić information content (AvgIpc) is 3.17. The number of ether oxygens (including phenoxy) is 1. The van der Waals surface area contributed by atoms with Crippen molar-refractivity contribution in [2.45, 2.75) is 6.92 Å². The van der Waals surface area contributed by atoms with Crippen LogP contribution in [0.5, 0.6) is 5.75 Å². The minimum Gasteiger partial charge on any atom is -0.422 e. The molecule has 4 rings (SSSR count). The van der Waals surface area contributed by atoms with E-state index in [9.17, 15) is 14.4 Å². The fourth-order valence-electron chi connectivity index (χ4n) is 3.07. The maximum Gasteiger partial charge on any atom is 0.355 e. The van der Waals surface area contributed by atoms with Crippen LogP contribution in [0.2, 0.25) is 5.02 Å². The van der Waals surface area contributed by atoms with Crippen LogP contribution in [0.1, 0.15) is 20.8 Å². The van der Waals surface area contributed by atoms with Gasteiger partial charge in [-0.15, -0.1) is 11.3 Å². The van der Waals surface area contributed by atoms with Gasteiger partial charge in [0.25, 0.3) is 0 Å². The van der Waals surface area contributed by atoms with E-state index in [4.69, 9.17) is 16.3 Å². The van der Waals surface area contributed by atoms with Crippen molar-refractivity contribution in [1.82, 2.24) is 5.43 Å². The molecule has 0 bridgehead atoms. The lowest BCUT2D eigenvalue weighted by molar-refractivity contribution is -0.136. The molecule has 1 aromatic heterocycles. The summed E-state index contributed by atoms with van der Waals surface area (Å²) in [5.41, 5.74) is 4.09. The Hall–Kier alpha value is -4.01. The SMILES string of the molecule is Cc1ccccc1NC(=O)C(=O)N/N=C\c1cccc(OC(=O)c2sc3ccccc3c2Cl)c1. The van der Waals surface area contributed by atoms with Gasteiger partial charge in [-0.1, -0.05) is 60.1 Å². The fraction of sp³-hybridized carbons (Fsp3) is 0.0400. The van der Waals surface area contributed by atoms with Crippen LogP contribution in [0.15, 0.2) is 77.9 Å². The number of hydrazone groups is 1. The predicted molar refractivity (Wildman–Crippen MR) is 134 cm³/mol. The lowest BCUT2D eigenvalue weighted by Crippen LogP contribution is -2.32. The number of thiophene rings is 1. The molecule has 0 spiro atoms. The van der Waals surface area contributed by atoms with E-state index in [-0.39, 0.29) is 5.75 Å². The normalized spacial score (nSPS) is 10.9. The highest BCUT2D eigenvalue weighted by atomic mass is 35.5. The van der Waals surface area contributed by atoms with Gasteiger partial charge in [0, 0.05) is 15.8 Å². The molecule has 0 fully saturated rings. The number of hydrogen-bond acceptors (Lipinski definition) is 6. The smallest absolute Gasteiger partial charge is 0.355 e. The number of rotatable bonds is 5. The van der Waals surface area contributed by atoms with Gasteiger partial charge in [-0.3, -0.25) is 9.59 Å². The third-order valence-corrected chi connectivity index (χ3v) is 6.42. The third kappa shape index (κ3) is 5.31. The minimum absolute atomic E-state index is 0.283. The van der Waals surface area contributed by atoms with Crippen molar-refractivity contribution in [3.05, 3.63) is 93.8 Å². The highest BCUT2D eigenvalue weighted by Crippen LogP contribution is 2.35. The molecule has 2 amide bonds. The molecule has 0 aliphatic heterocycles. The summed E-state index contributed by atoms with van der Waals surface area (Å²) >= 11 is 7.61. The molecule has 2 N–H and O–H groups in total. The van der Waals surface area contributed by atoms with E-state index in [0.717, 1.165) is 15.6 Å². The summed E-state index contributed by atoms with van der Waals surface area (Å²) in [5, 5.41) is 7.48. The second-order valence-electron chi connectivity index (χ2n) is 7.17. The van der Waals surface area contributed by atoms with E-state index < -0.39 is 17.8 Å². The standard InChI is InChI=1S/C25H18ClN3O4S/c1-15-7-2-4-11-19(15)28-23(30)24(31)29-27-14-16-8-6-9-17(13-16)33-25(32)22-21(26)18-10-3-5-12-20(18)34-22/h2-14H,1H3,(H,28,30)(H,29,31)/b27-14-. The number of anilines is 1. The van der Waals surface area contributed by atoms with Crippen molar-refractivity contribution in [3.63, 3.8) is 0 Å². The molecule has 4 aromatic rings. The van der Waals surface area contributed by atoms with E-state index >= 15 is 0 Å². The summed E-state index contributed by atoms with van der Waals surface area (Å²) in [6.07, 6.45) is 1.34. The zero-order valence-electron chi connectivity index (χ0n) is 17.9. The van der Waals surface area contributed by atoms with Gasteiger partial charge in [0.2, 0.25) is 0 Å². The number of fused-ring (bicyclic) bond motifs is 1. The number of para-hydroxylation sites is 1. The van der Waals surface area contributed by atoms with Crippen LogP contribution in [-0.4, -0.2) is 24.0 Å². The van der Waals surface area contributed by atoms with E-state index in [1.807, 2.05) is 43.3 Å². The number of aryl methyl sites for hydroxylation is 1. The maximum absolute atomic E-state index is 12.6. The molecule has 1 heterocycles. The zero-order chi connectivity index (χ0) is 24.1. The van der Waals surface area contributed by atoms with Gasteiger partial charge >= 0.3 is 17.8 Å². The van der Waals surface area contributed by atoms with Gasteiger partial charge in [-0.2, -0.15) is 5.10 Å². The lowest BCUT2D eigenvalue weighted by Gasteiger charge is -2.06. The first-order valence-electron chi connectivity index (χ1n) is 10.1. The molecule has 0 aliphatic carbocycles. The quantitative estimate of drug-likeness (QED) is 0.132. The largest absolute Gasteiger partial charge is 0.422 e. The highest BCUT2D eigenvalue weighted by molar-refractivity contribution is 7.21. The topological polar surface area (TPSA) is 96.9 Å². The first-order chi connectivity index (χ1) is 16.4. The minimum atomic E-state index is -0.915. The van der Waals surface area contributed by atoms with Crippen LogP contribution in [0, 0.1) is 6.92 Å². The van der Waals surface area contributed by atoms with Crippen molar-refractivity contribution >= 4 is 62.7 Å². The molecule has 7 nitrogen and oxygen atoms in total. The summed E-state index contributed by atoms with van der Waals surface area (Å²) in [7, 11) is 0. The Morgan fingerprint density at radius 3 is 2.53 bits per heavy atom. The molecule has 0 atom stereocenters. The van der Waals surface area contributed by atoms with Crippen LogP contribution >= 0.6 is 22.9 Å². The van der Waals surface area contributed by atoms with Crippen LogP contribution in [-0.2, 0) is 9.59 Å². The van der Waals surface area contributed by atoms with Crippen LogP contribution < -0.4 is 15.5 Å². The molecule has 0 saturated carbocycles. The Bertz CT molecular complexity index is 1430. The van der Waals surface area contributed by atoms with Crippen molar-refractivity contribution < 1.29 is 19.1 Å². The molecule has 0 unspecified atom stereocenters. The highest BCUT2D eigenvalue weighted by Gasteiger charge is 2.19. The first-order valence-corrected chi connectivity index (χ1v) is 11.3. The van der Waals surface area contributed by atoms with Crippen molar-refractivity contribution in [2.24, 2.45) is 5.10 Å². The molecular weight excluding hydrogens is 474 g/mol. The molecule has 0 radical (unpaired) electrons. The third-order valence-electron chi connectivity index (χ3n) is 4.77. The molecule has 0 saturated heterocycles. The van der Waals surface area contributed by atoms with Gasteiger partial charge in [-0.25, -0.2) is 10.2 Å². The van der Waals surface area contributed by atoms with E-state index in [2.05, 4.69) is 15.8 Å². The summed E-state index contributed by atoms with van der Waals surface area (Å²) < 4.78 is 6.36. The van der Waals surface area contributed by atoms with Crippen molar-refractivity contribution in [1.29, 1.82) is 0 Å². The van der Waals surface area contributed by atoms with Crippen LogP contribution in [0.25, 0.3) is 10.1 Å². The number of benzene rings is 3. The summed E-state index contributed by atoms with van der Waals surface area (Å²) in [6, 6.07) is 21.1. The van der Waals surface area contributed by atoms with E-state index in [0.29, 0.717) is 21.2 Å². The van der Waals surface area contributed by atoms with Gasteiger partial charge in [-0.05, 0) is 42.3 Å². The first kappa shape index (κ1) is 23.2. The Morgan fingerprint density at radius 2 is 1.74 bits per heavy atom. The van der Waals surface area contributed by atoms with E-state index in [1.165, 1.54) is 17.6 Å². The molecule has 170 valence electrons. The lowest BCUT2D eigenvalue weighted by atomic mass is 10.2. The molecular formula is C25H18ClN3O4S. The maximum atomic E-state index is 12.6. The summed E-state index contributed by atoms with van der Waals surface area (Å²) in [4.78, 5) is 37.0. The zero-order valence-corrected chi connectivity index (χ0v) is 19.4. The molecule has 0 aliphatic rings. The number of nitrogens with one attached hydrogen (secondary N) is 2. The summed E-state index contributed by atoms with van der Waals surface area (Å²) in [6.45, 7) is 1.82. The van der Waals surface area contributed by atoms with Crippen molar-refractivity contribution in [3.8, 4) is 5.75 Å². The van der Waals surface area contributed by atoms with Gasteiger partial charge in [0.05, 0.1) is 11.2 Å². The molecule has 34 heavy (non-hydrogen) atoms. The number of carbonyl (C=O) groups is 3. The monoisotopic (exact) mass is 491 g/mol. The Balaban J connectivity index is 1.38. The number of hydrogen-bond donors (Lipinski definition) is 2. The number of nitrogens with zero attached hydrogens (tertiary/aromatic N) is 1. The van der Waals surface area contributed by atoms with Gasteiger partial charge in [0.15, 0.2) is 0 Å². The van der Waals surface area contributed by atoms with E-state index in [1.54, 1.807) is 36.4 Å². The average molecular weight is 492 g/mol. The van der Waals surface area contributed by atoms with Crippen molar-refractivity contribution in [2.75, 3.05) is 5.32 Å². The molecule has 3 aromatic carbocycles. The summed E-state index contributed by atoms with van der Waals surface area (Å²) in [5.74, 6) is -2.04. The van der Waals surface area contributed by atoms with Crippen LogP contribution in [0.4, 0.5) is 5.69 Å². The Morgan fingerprint density at radius 1 is 0.971 bits per heavy atom. The van der Waals surface area contributed by atoms with Gasteiger partial charge < -0.3 is 10.1 Å². The second-order valence-corrected chi connectivity index (χ2v) is 8.60. The Labute approximate surface area is 204 Å². The fourth-order valence-corrected chi connectivity index (χ4v) is 4.45. The Kier molecular flexibility index (Phi) is 7.01. The van der Waals surface area contributed by atoms with Crippen LogP contribution in [0.3, 0.4) is 0 Å². The molecule has 9 heteroatoms. The number of amides is 2.